The Balaban J connectivity index is 2.12. The SMILES string of the molecule is CCCC1(C(=O)N(CCOC)C2CCSC2)CCNCC1. The van der Waals surface area contributed by atoms with Crippen LogP contribution in [0.25, 0.3) is 0 Å². The Morgan fingerprint density at radius 1 is 1.43 bits per heavy atom. The number of hydrogen-bond acceptors (Lipinski definition) is 4. The van der Waals surface area contributed by atoms with E-state index in [1.807, 2.05) is 11.8 Å². The fourth-order valence-electron chi connectivity index (χ4n) is 3.67. The summed E-state index contributed by atoms with van der Waals surface area (Å²) in [6.07, 6.45) is 5.23. The highest BCUT2D eigenvalue weighted by atomic mass is 32.2. The third kappa shape index (κ3) is 4.14. The largest absolute Gasteiger partial charge is 0.383 e. The first-order chi connectivity index (χ1) is 10.2. The molecule has 2 aliphatic heterocycles. The molecule has 0 aromatic heterocycles. The standard InChI is InChI=1S/C16H30N2O2S/c1-3-5-16(6-8-17-9-7-16)15(19)18(10-11-20-2)14-4-12-21-13-14/h14,17H,3-13H2,1-2H3. The Morgan fingerprint density at radius 3 is 2.76 bits per heavy atom. The molecule has 2 fully saturated rings. The summed E-state index contributed by atoms with van der Waals surface area (Å²) in [6, 6.07) is 0.418. The van der Waals surface area contributed by atoms with E-state index in [0.717, 1.165) is 57.5 Å². The van der Waals surface area contributed by atoms with Crippen molar-refractivity contribution in [2.45, 2.75) is 45.1 Å². The van der Waals surface area contributed by atoms with Crippen LogP contribution in [0.15, 0.2) is 0 Å². The third-order valence-electron chi connectivity index (χ3n) is 4.89. The van der Waals surface area contributed by atoms with Gasteiger partial charge in [0.15, 0.2) is 0 Å². The maximum Gasteiger partial charge on any atom is 0.229 e. The number of carbonyl (C=O) groups is 1. The smallest absolute Gasteiger partial charge is 0.229 e. The number of thioether (sulfide) groups is 1. The highest BCUT2D eigenvalue weighted by Crippen LogP contribution is 2.38. The lowest BCUT2D eigenvalue weighted by atomic mass is 9.74. The molecule has 0 radical (unpaired) electrons. The van der Waals surface area contributed by atoms with Crippen LogP contribution in [0.2, 0.25) is 0 Å². The Morgan fingerprint density at radius 2 is 2.19 bits per heavy atom. The van der Waals surface area contributed by atoms with E-state index in [0.29, 0.717) is 18.6 Å². The molecular formula is C16H30N2O2S. The number of ether oxygens (including phenoxy) is 1. The van der Waals surface area contributed by atoms with Crippen molar-refractivity contribution in [1.29, 1.82) is 0 Å². The molecule has 1 unspecified atom stereocenters. The molecule has 4 nitrogen and oxygen atoms in total. The Labute approximate surface area is 133 Å². The molecule has 2 heterocycles. The predicted molar refractivity (Wildman–Crippen MR) is 88.8 cm³/mol. The molecule has 1 N–H and O–H groups in total. The Hall–Kier alpha value is -0.260. The fourth-order valence-corrected chi connectivity index (χ4v) is 4.89. The predicted octanol–water partition coefficient (Wildman–Crippen LogP) is 2.14. The summed E-state index contributed by atoms with van der Waals surface area (Å²) in [5.41, 5.74) is -0.124. The number of nitrogens with one attached hydrogen (secondary N) is 1. The van der Waals surface area contributed by atoms with Crippen LogP contribution in [0, 0.1) is 5.41 Å². The first-order valence-corrected chi connectivity index (χ1v) is 9.47. The maximum atomic E-state index is 13.3. The number of piperidine rings is 1. The van der Waals surface area contributed by atoms with Crippen LogP contribution in [-0.4, -0.2) is 61.7 Å². The molecule has 0 saturated carbocycles. The molecule has 0 aromatic rings. The summed E-state index contributed by atoms with van der Waals surface area (Å²) in [7, 11) is 1.72. The van der Waals surface area contributed by atoms with Crippen molar-refractivity contribution in [2.75, 3.05) is 44.9 Å². The summed E-state index contributed by atoms with van der Waals surface area (Å²) in [6.45, 7) is 5.54. The summed E-state index contributed by atoms with van der Waals surface area (Å²) in [5.74, 6) is 2.68. The van der Waals surface area contributed by atoms with Crippen LogP contribution in [0.3, 0.4) is 0 Å². The van der Waals surface area contributed by atoms with Crippen molar-refractivity contribution >= 4 is 17.7 Å². The Bertz CT molecular complexity index is 321. The number of amides is 1. The summed E-state index contributed by atoms with van der Waals surface area (Å²) in [4.78, 5) is 15.5. The molecule has 2 saturated heterocycles. The zero-order valence-corrected chi connectivity index (χ0v) is 14.3. The third-order valence-corrected chi connectivity index (χ3v) is 6.03. The lowest BCUT2D eigenvalue weighted by molar-refractivity contribution is -0.147. The van der Waals surface area contributed by atoms with Crippen molar-refractivity contribution in [3.05, 3.63) is 0 Å². The molecule has 1 atom stereocenters. The van der Waals surface area contributed by atoms with E-state index >= 15 is 0 Å². The summed E-state index contributed by atoms with van der Waals surface area (Å²) >= 11 is 1.97. The van der Waals surface area contributed by atoms with E-state index in [4.69, 9.17) is 4.74 Å². The minimum absolute atomic E-state index is 0.124. The van der Waals surface area contributed by atoms with Gasteiger partial charge in [0.2, 0.25) is 5.91 Å². The monoisotopic (exact) mass is 314 g/mol. The average Bonchev–Trinajstić information content (AvgIpc) is 3.03. The molecule has 0 bridgehead atoms. The zero-order chi connectivity index (χ0) is 15.1. The van der Waals surface area contributed by atoms with Crippen LogP contribution < -0.4 is 5.32 Å². The lowest BCUT2D eigenvalue weighted by Crippen LogP contribution is -2.53. The van der Waals surface area contributed by atoms with Crippen LogP contribution in [0.4, 0.5) is 0 Å². The van der Waals surface area contributed by atoms with E-state index < -0.39 is 0 Å². The van der Waals surface area contributed by atoms with Gasteiger partial charge in [0.05, 0.1) is 12.0 Å². The van der Waals surface area contributed by atoms with Crippen molar-refractivity contribution in [3.8, 4) is 0 Å². The second-order valence-electron chi connectivity index (χ2n) is 6.29. The van der Waals surface area contributed by atoms with Gasteiger partial charge in [-0.05, 0) is 44.5 Å². The van der Waals surface area contributed by atoms with Crippen LogP contribution in [0.1, 0.15) is 39.0 Å². The lowest BCUT2D eigenvalue weighted by Gasteiger charge is -2.42. The van der Waals surface area contributed by atoms with E-state index in [1.165, 1.54) is 5.75 Å². The van der Waals surface area contributed by atoms with Crippen molar-refractivity contribution in [2.24, 2.45) is 5.41 Å². The van der Waals surface area contributed by atoms with Gasteiger partial charge in [0.25, 0.3) is 0 Å². The highest BCUT2D eigenvalue weighted by Gasteiger charge is 2.43. The van der Waals surface area contributed by atoms with Crippen molar-refractivity contribution < 1.29 is 9.53 Å². The summed E-state index contributed by atoms with van der Waals surface area (Å²) in [5, 5.41) is 3.40. The quantitative estimate of drug-likeness (QED) is 0.782. The minimum Gasteiger partial charge on any atom is -0.383 e. The number of methoxy groups -OCH3 is 1. The van der Waals surface area contributed by atoms with Gasteiger partial charge < -0.3 is 15.0 Å². The number of carbonyl (C=O) groups excluding carboxylic acids is 1. The normalized spacial score (nSPS) is 25.0. The first kappa shape index (κ1) is 17.1. The average molecular weight is 314 g/mol. The van der Waals surface area contributed by atoms with E-state index in [-0.39, 0.29) is 5.41 Å². The van der Waals surface area contributed by atoms with E-state index in [2.05, 4.69) is 17.1 Å². The molecule has 0 aliphatic carbocycles. The molecule has 0 aromatic carbocycles. The first-order valence-electron chi connectivity index (χ1n) is 8.32. The van der Waals surface area contributed by atoms with Crippen molar-refractivity contribution in [3.63, 3.8) is 0 Å². The molecule has 21 heavy (non-hydrogen) atoms. The van der Waals surface area contributed by atoms with Gasteiger partial charge in [-0.1, -0.05) is 13.3 Å². The zero-order valence-electron chi connectivity index (χ0n) is 13.5. The van der Waals surface area contributed by atoms with Gasteiger partial charge >= 0.3 is 0 Å². The second kappa shape index (κ2) is 8.39. The molecule has 2 rings (SSSR count). The topological polar surface area (TPSA) is 41.6 Å². The van der Waals surface area contributed by atoms with Crippen LogP contribution >= 0.6 is 11.8 Å². The number of nitrogens with zero attached hydrogens (tertiary/aromatic N) is 1. The minimum atomic E-state index is -0.124. The number of rotatable bonds is 7. The number of hydrogen-bond donors (Lipinski definition) is 1. The Kier molecular flexibility index (Phi) is 6.83. The van der Waals surface area contributed by atoms with Crippen LogP contribution in [-0.2, 0) is 9.53 Å². The highest BCUT2D eigenvalue weighted by molar-refractivity contribution is 7.99. The van der Waals surface area contributed by atoms with E-state index in [9.17, 15) is 4.79 Å². The summed E-state index contributed by atoms with van der Waals surface area (Å²) < 4.78 is 5.25. The van der Waals surface area contributed by atoms with Crippen molar-refractivity contribution in [1.82, 2.24) is 10.2 Å². The second-order valence-corrected chi connectivity index (χ2v) is 7.44. The van der Waals surface area contributed by atoms with Gasteiger partial charge in [0.1, 0.15) is 0 Å². The molecule has 122 valence electrons. The molecule has 5 heteroatoms. The molecule has 1 amide bonds. The van der Waals surface area contributed by atoms with Gasteiger partial charge in [-0.25, -0.2) is 0 Å². The fraction of sp³-hybridized carbons (Fsp3) is 0.938. The molecular weight excluding hydrogens is 284 g/mol. The van der Waals surface area contributed by atoms with E-state index in [1.54, 1.807) is 7.11 Å². The molecule has 0 spiro atoms. The van der Waals surface area contributed by atoms with Crippen LogP contribution in [0.5, 0.6) is 0 Å². The molecule has 2 aliphatic rings. The van der Waals surface area contributed by atoms with Gasteiger partial charge in [-0.2, -0.15) is 11.8 Å². The maximum absolute atomic E-state index is 13.3. The van der Waals surface area contributed by atoms with Gasteiger partial charge in [-0.3, -0.25) is 4.79 Å². The van der Waals surface area contributed by atoms with Gasteiger partial charge in [0, 0.05) is 25.4 Å². The van der Waals surface area contributed by atoms with Gasteiger partial charge in [-0.15, -0.1) is 0 Å².